The van der Waals surface area contributed by atoms with Crippen molar-refractivity contribution in [2.45, 2.75) is 32.5 Å². The van der Waals surface area contributed by atoms with Gasteiger partial charge in [-0.2, -0.15) is 0 Å². The van der Waals surface area contributed by atoms with Crippen molar-refractivity contribution in [1.82, 2.24) is 10.6 Å². The van der Waals surface area contributed by atoms with Gasteiger partial charge in [-0.05, 0) is 19.4 Å². The molecule has 17 heavy (non-hydrogen) atoms. The van der Waals surface area contributed by atoms with Crippen LogP contribution in [0.1, 0.15) is 19.4 Å². The van der Waals surface area contributed by atoms with Crippen LogP contribution < -0.4 is 10.6 Å². The van der Waals surface area contributed by atoms with Crippen molar-refractivity contribution in [3.8, 4) is 0 Å². The molecule has 0 fully saturated rings. The Morgan fingerprint density at radius 2 is 1.94 bits per heavy atom. The van der Waals surface area contributed by atoms with Gasteiger partial charge in [0.15, 0.2) is 0 Å². The molecule has 0 heterocycles. The molecule has 0 bridgehead atoms. The second-order valence-electron chi connectivity index (χ2n) is 4.18. The lowest BCUT2D eigenvalue weighted by atomic mass is 10.2. The third-order valence-electron chi connectivity index (χ3n) is 2.42. The Bertz CT molecular complexity index is 339. The Hall–Kier alpha value is -1.39. The molecule has 2 atom stereocenters. The number of hydrogen-bond donors (Lipinski definition) is 3. The summed E-state index contributed by atoms with van der Waals surface area (Å²) in [5, 5.41) is 14.9. The molecule has 0 aromatic heterocycles. The predicted octanol–water partition coefficient (Wildman–Crippen LogP) is 0.662. The van der Waals surface area contributed by atoms with Crippen LogP contribution in [-0.4, -0.2) is 29.7 Å². The highest BCUT2D eigenvalue weighted by Gasteiger charge is 2.11. The van der Waals surface area contributed by atoms with Gasteiger partial charge in [0, 0.05) is 13.1 Å². The van der Waals surface area contributed by atoms with Gasteiger partial charge in [-0.1, -0.05) is 30.3 Å². The molecule has 4 heteroatoms. The van der Waals surface area contributed by atoms with Gasteiger partial charge < -0.3 is 15.7 Å². The molecule has 94 valence electrons. The number of amides is 1. The van der Waals surface area contributed by atoms with Crippen LogP contribution >= 0.6 is 0 Å². The molecule has 0 spiro atoms. The number of hydrogen-bond acceptors (Lipinski definition) is 3. The highest BCUT2D eigenvalue weighted by Crippen LogP contribution is 1.97. The van der Waals surface area contributed by atoms with Crippen molar-refractivity contribution in [2.24, 2.45) is 0 Å². The maximum atomic E-state index is 11.7. The summed E-state index contributed by atoms with van der Waals surface area (Å²) in [6, 6.07) is 9.46. The first-order chi connectivity index (χ1) is 8.09. The first kappa shape index (κ1) is 13.7. The van der Waals surface area contributed by atoms with Crippen molar-refractivity contribution in [3.05, 3.63) is 35.9 Å². The van der Waals surface area contributed by atoms with E-state index in [1.54, 1.807) is 13.8 Å². The predicted molar refractivity (Wildman–Crippen MR) is 67.4 cm³/mol. The number of carbonyl (C=O) groups excluding carboxylic acids is 1. The summed E-state index contributed by atoms with van der Waals surface area (Å²) in [6.07, 6.45) is -0.445. The van der Waals surface area contributed by atoms with Crippen LogP contribution in [0.2, 0.25) is 0 Å². The van der Waals surface area contributed by atoms with Gasteiger partial charge in [-0.15, -0.1) is 0 Å². The zero-order valence-electron chi connectivity index (χ0n) is 10.3. The van der Waals surface area contributed by atoms with Crippen LogP contribution in [0.25, 0.3) is 0 Å². The quantitative estimate of drug-likeness (QED) is 0.680. The van der Waals surface area contributed by atoms with Gasteiger partial charge in [0.2, 0.25) is 5.91 Å². The maximum Gasteiger partial charge on any atom is 0.237 e. The number of aliphatic hydroxyl groups excluding tert-OH is 1. The van der Waals surface area contributed by atoms with E-state index in [4.69, 9.17) is 5.11 Å². The average Bonchev–Trinajstić information content (AvgIpc) is 2.34. The summed E-state index contributed by atoms with van der Waals surface area (Å²) in [4.78, 5) is 11.7. The van der Waals surface area contributed by atoms with Gasteiger partial charge in [-0.25, -0.2) is 0 Å². The molecule has 1 amide bonds. The third-order valence-corrected chi connectivity index (χ3v) is 2.42. The molecule has 0 saturated heterocycles. The highest BCUT2D eigenvalue weighted by molar-refractivity contribution is 5.81. The fraction of sp³-hybridized carbons (Fsp3) is 0.462. The van der Waals surface area contributed by atoms with Crippen LogP contribution in [0.5, 0.6) is 0 Å². The summed E-state index contributed by atoms with van der Waals surface area (Å²) >= 11 is 0. The summed E-state index contributed by atoms with van der Waals surface area (Å²) < 4.78 is 0. The highest BCUT2D eigenvalue weighted by atomic mass is 16.3. The molecular weight excluding hydrogens is 216 g/mol. The molecular formula is C13H20N2O2. The van der Waals surface area contributed by atoms with Crippen LogP contribution in [0.4, 0.5) is 0 Å². The van der Waals surface area contributed by atoms with E-state index in [-0.39, 0.29) is 11.9 Å². The largest absolute Gasteiger partial charge is 0.392 e. The molecule has 1 aromatic carbocycles. The van der Waals surface area contributed by atoms with E-state index >= 15 is 0 Å². The van der Waals surface area contributed by atoms with E-state index in [9.17, 15) is 4.79 Å². The summed E-state index contributed by atoms with van der Waals surface area (Å²) in [7, 11) is 0. The van der Waals surface area contributed by atoms with Crippen LogP contribution in [0, 0.1) is 0 Å². The maximum absolute atomic E-state index is 11.7. The minimum atomic E-state index is -0.445. The molecule has 4 nitrogen and oxygen atoms in total. The summed E-state index contributed by atoms with van der Waals surface area (Å²) in [6.45, 7) is 4.41. The van der Waals surface area contributed by atoms with Gasteiger partial charge >= 0.3 is 0 Å². The monoisotopic (exact) mass is 236 g/mol. The first-order valence-corrected chi connectivity index (χ1v) is 5.82. The molecule has 0 aliphatic heterocycles. The average molecular weight is 236 g/mol. The lowest BCUT2D eigenvalue weighted by Crippen LogP contribution is -2.44. The van der Waals surface area contributed by atoms with E-state index in [1.165, 1.54) is 0 Å². The molecule has 0 aliphatic rings. The van der Waals surface area contributed by atoms with Gasteiger partial charge in [-0.3, -0.25) is 4.79 Å². The van der Waals surface area contributed by atoms with Crippen molar-refractivity contribution < 1.29 is 9.90 Å². The molecule has 1 rings (SSSR count). The lowest BCUT2D eigenvalue weighted by Gasteiger charge is -2.15. The lowest BCUT2D eigenvalue weighted by molar-refractivity contribution is -0.123. The number of aliphatic hydroxyl groups is 1. The standard InChI is InChI=1S/C13H20N2O2/c1-10(16)8-14-11(2)13(17)15-9-12-6-4-3-5-7-12/h3-7,10-11,14,16H,8-9H2,1-2H3,(H,15,17). The van der Waals surface area contributed by atoms with E-state index in [1.807, 2.05) is 30.3 Å². The Balaban J connectivity index is 2.29. The second-order valence-corrected chi connectivity index (χ2v) is 4.18. The number of rotatable bonds is 6. The number of carbonyl (C=O) groups is 1. The minimum Gasteiger partial charge on any atom is -0.392 e. The molecule has 1 aromatic rings. The number of nitrogens with one attached hydrogen (secondary N) is 2. The van der Waals surface area contributed by atoms with Gasteiger partial charge in [0.1, 0.15) is 0 Å². The second kappa shape index (κ2) is 7.04. The summed E-state index contributed by atoms with van der Waals surface area (Å²) in [5.41, 5.74) is 1.07. The summed E-state index contributed by atoms with van der Waals surface area (Å²) in [5.74, 6) is -0.0606. The molecule has 0 radical (unpaired) electrons. The van der Waals surface area contributed by atoms with Crippen molar-refractivity contribution in [3.63, 3.8) is 0 Å². The van der Waals surface area contributed by atoms with Crippen molar-refractivity contribution >= 4 is 5.91 Å². The van der Waals surface area contributed by atoms with Crippen molar-refractivity contribution in [2.75, 3.05) is 6.54 Å². The third kappa shape index (κ3) is 5.47. The Morgan fingerprint density at radius 3 is 2.53 bits per heavy atom. The smallest absolute Gasteiger partial charge is 0.237 e. The van der Waals surface area contributed by atoms with Crippen LogP contribution in [0.3, 0.4) is 0 Å². The minimum absolute atomic E-state index is 0.0606. The Labute approximate surface area is 102 Å². The molecule has 0 aliphatic carbocycles. The number of benzene rings is 1. The van der Waals surface area contributed by atoms with E-state index in [0.717, 1.165) is 5.56 Å². The van der Waals surface area contributed by atoms with E-state index in [0.29, 0.717) is 13.1 Å². The molecule has 0 saturated carbocycles. The first-order valence-electron chi connectivity index (χ1n) is 5.82. The fourth-order valence-corrected chi connectivity index (χ4v) is 1.38. The van der Waals surface area contributed by atoms with Crippen molar-refractivity contribution in [1.29, 1.82) is 0 Å². The van der Waals surface area contributed by atoms with Crippen LogP contribution in [0.15, 0.2) is 30.3 Å². The molecule has 3 N–H and O–H groups in total. The zero-order valence-corrected chi connectivity index (χ0v) is 10.3. The van der Waals surface area contributed by atoms with Gasteiger partial charge in [0.05, 0.1) is 12.1 Å². The topological polar surface area (TPSA) is 61.4 Å². The Morgan fingerprint density at radius 1 is 1.29 bits per heavy atom. The fourth-order valence-electron chi connectivity index (χ4n) is 1.38. The van der Waals surface area contributed by atoms with E-state index in [2.05, 4.69) is 10.6 Å². The Kier molecular flexibility index (Phi) is 5.66. The van der Waals surface area contributed by atoms with E-state index < -0.39 is 6.10 Å². The zero-order chi connectivity index (χ0) is 12.7. The van der Waals surface area contributed by atoms with Crippen LogP contribution in [-0.2, 0) is 11.3 Å². The normalized spacial score (nSPS) is 14.1. The molecule has 2 unspecified atom stereocenters. The SMILES string of the molecule is CC(O)CNC(C)C(=O)NCc1ccccc1. The van der Waals surface area contributed by atoms with Gasteiger partial charge in [0.25, 0.3) is 0 Å².